The van der Waals surface area contributed by atoms with Crippen LogP contribution < -0.4 is 10.2 Å². The molecular formula is C8H5F3N2O2. The summed E-state index contributed by atoms with van der Waals surface area (Å²) in [7, 11) is 0. The Morgan fingerprint density at radius 3 is 2.73 bits per heavy atom. The molecule has 0 atom stereocenters. The van der Waals surface area contributed by atoms with Crippen molar-refractivity contribution in [3.63, 3.8) is 0 Å². The predicted octanol–water partition coefficient (Wildman–Crippen LogP) is 1.34. The van der Waals surface area contributed by atoms with Crippen molar-refractivity contribution in [1.29, 1.82) is 5.26 Å². The second kappa shape index (κ2) is 4.04. The maximum absolute atomic E-state index is 11.9. The zero-order chi connectivity index (χ0) is 11.5. The molecule has 1 heterocycles. The average Bonchev–Trinajstić information content (AvgIpc) is 2.08. The number of hydrogen-bond donors (Lipinski definition) is 1. The number of aromatic nitrogens is 1. The van der Waals surface area contributed by atoms with Gasteiger partial charge < -0.3 is 9.72 Å². The molecule has 0 spiro atoms. The quantitative estimate of drug-likeness (QED) is 0.814. The monoisotopic (exact) mass is 218 g/mol. The number of hydrogen-bond acceptors (Lipinski definition) is 3. The fourth-order valence-corrected chi connectivity index (χ4v) is 0.946. The Bertz CT molecular complexity index is 444. The van der Waals surface area contributed by atoms with Crippen LogP contribution in [-0.2, 0) is 6.42 Å². The van der Waals surface area contributed by atoms with E-state index < -0.39 is 24.1 Å². The van der Waals surface area contributed by atoms with Gasteiger partial charge in [-0.1, -0.05) is 0 Å². The fourth-order valence-electron chi connectivity index (χ4n) is 0.946. The number of ether oxygens (including phenoxy) is 1. The minimum Gasteiger partial charge on any atom is -0.389 e. The summed E-state index contributed by atoms with van der Waals surface area (Å²) in [6, 6.07) is 2.61. The number of nitrogens with zero attached hydrogens (tertiary/aromatic N) is 1. The highest BCUT2D eigenvalue weighted by Gasteiger charge is 2.32. The Balaban J connectivity index is 3.13. The highest BCUT2D eigenvalue weighted by atomic mass is 19.4. The third-order valence-electron chi connectivity index (χ3n) is 1.49. The second-order valence-electron chi connectivity index (χ2n) is 2.53. The molecule has 80 valence electrons. The minimum atomic E-state index is -4.89. The van der Waals surface area contributed by atoms with E-state index in [0.717, 1.165) is 12.3 Å². The smallest absolute Gasteiger partial charge is 0.389 e. The van der Waals surface area contributed by atoms with Gasteiger partial charge in [-0.25, -0.2) is 0 Å². The summed E-state index contributed by atoms with van der Waals surface area (Å²) < 4.78 is 39.2. The maximum Gasteiger partial charge on any atom is 0.574 e. The van der Waals surface area contributed by atoms with E-state index in [2.05, 4.69) is 9.72 Å². The van der Waals surface area contributed by atoms with Gasteiger partial charge >= 0.3 is 6.36 Å². The number of rotatable bonds is 2. The number of aromatic amines is 1. The number of nitriles is 1. The topological polar surface area (TPSA) is 65.9 Å². The van der Waals surface area contributed by atoms with E-state index in [1.165, 1.54) is 0 Å². The summed E-state index contributed by atoms with van der Waals surface area (Å²) in [5, 5.41) is 8.33. The number of pyridine rings is 1. The van der Waals surface area contributed by atoms with Crippen LogP contribution >= 0.6 is 0 Å². The molecule has 0 unspecified atom stereocenters. The summed E-state index contributed by atoms with van der Waals surface area (Å²) in [5.74, 6) is -0.739. The summed E-state index contributed by atoms with van der Waals surface area (Å²) in [4.78, 5) is 13.2. The van der Waals surface area contributed by atoms with Gasteiger partial charge in [0.15, 0.2) is 5.43 Å². The van der Waals surface area contributed by atoms with Gasteiger partial charge in [-0.3, -0.25) is 4.79 Å². The summed E-state index contributed by atoms with van der Waals surface area (Å²) in [5.41, 5.74) is -1.01. The Labute approximate surface area is 81.9 Å². The molecule has 0 aliphatic carbocycles. The summed E-state index contributed by atoms with van der Waals surface area (Å²) in [6.07, 6.45) is -4.32. The first-order chi connectivity index (χ1) is 6.94. The van der Waals surface area contributed by atoms with E-state index in [0.29, 0.717) is 0 Å². The highest BCUT2D eigenvalue weighted by molar-refractivity contribution is 5.28. The van der Waals surface area contributed by atoms with E-state index in [1.54, 1.807) is 6.07 Å². The van der Waals surface area contributed by atoms with Gasteiger partial charge in [-0.2, -0.15) is 5.26 Å². The molecule has 0 fully saturated rings. The molecule has 0 saturated heterocycles. The van der Waals surface area contributed by atoms with Gasteiger partial charge in [0, 0.05) is 12.3 Å². The van der Waals surface area contributed by atoms with E-state index >= 15 is 0 Å². The lowest BCUT2D eigenvalue weighted by Crippen LogP contribution is -2.21. The lowest BCUT2D eigenvalue weighted by atomic mass is 10.2. The highest BCUT2D eigenvalue weighted by Crippen LogP contribution is 2.22. The largest absolute Gasteiger partial charge is 0.574 e. The van der Waals surface area contributed by atoms with Crippen molar-refractivity contribution >= 4 is 0 Å². The lowest BCUT2D eigenvalue weighted by Gasteiger charge is -2.10. The van der Waals surface area contributed by atoms with Crippen LogP contribution in [0.25, 0.3) is 0 Å². The molecule has 0 aliphatic heterocycles. The summed E-state index contributed by atoms with van der Waals surface area (Å²) in [6.45, 7) is 0. The molecular weight excluding hydrogens is 213 g/mol. The van der Waals surface area contributed by atoms with Crippen LogP contribution in [0, 0.1) is 11.3 Å². The first kappa shape index (κ1) is 11.1. The molecule has 0 amide bonds. The van der Waals surface area contributed by atoms with E-state index in [9.17, 15) is 18.0 Å². The molecule has 0 aromatic carbocycles. The first-order valence-electron chi connectivity index (χ1n) is 3.77. The number of alkyl halides is 3. The second-order valence-corrected chi connectivity index (χ2v) is 2.53. The Kier molecular flexibility index (Phi) is 2.99. The van der Waals surface area contributed by atoms with Gasteiger partial charge in [0.05, 0.1) is 18.1 Å². The molecule has 4 nitrogen and oxygen atoms in total. The Morgan fingerprint density at radius 1 is 1.53 bits per heavy atom. The van der Waals surface area contributed by atoms with E-state index in [1.807, 2.05) is 0 Å². The van der Waals surface area contributed by atoms with Crippen molar-refractivity contribution in [1.82, 2.24) is 4.98 Å². The van der Waals surface area contributed by atoms with E-state index in [-0.39, 0.29) is 5.56 Å². The normalized spacial score (nSPS) is 10.8. The van der Waals surface area contributed by atoms with Gasteiger partial charge in [0.1, 0.15) is 0 Å². The van der Waals surface area contributed by atoms with Crippen molar-refractivity contribution in [3.8, 4) is 11.9 Å². The number of H-pyrrole nitrogens is 1. The van der Waals surface area contributed by atoms with Crippen molar-refractivity contribution in [2.24, 2.45) is 0 Å². The minimum absolute atomic E-state index is 0.336. The molecule has 0 radical (unpaired) electrons. The van der Waals surface area contributed by atoms with Crippen LogP contribution in [0.2, 0.25) is 0 Å². The molecule has 15 heavy (non-hydrogen) atoms. The van der Waals surface area contributed by atoms with Crippen LogP contribution in [0.1, 0.15) is 5.56 Å². The van der Waals surface area contributed by atoms with Crippen molar-refractivity contribution in [2.75, 3.05) is 0 Å². The standard InChI is InChI=1S/C8H5F3N2O2/c9-8(10,11)15-7-5(1-3-12)6(14)2-4-13-7/h2,4H,1H2,(H,13,14). The fraction of sp³-hybridized carbons (Fsp3) is 0.250. The molecule has 1 N–H and O–H groups in total. The van der Waals surface area contributed by atoms with Gasteiger partial charge in [0.25, 0.3) is 0 Å². The number of nitrogens with one attached hydrogen (secondary N) is 1. The van der Waals surface area contributed by atoms with Crippen LogP contribution in [-0.4, -0.2) is 11.3 Å². The van der Waals surface area contributed by atoms with Gasteiger partial charge in [0.2, 0.25) is 5.88 Å². The Morgan fingerprint density at radius 2 is 2.20 bits per heavy atom. The third-order valence-corrected chi connectivity index (χ3v) is 1.49. The maximum atomic E-state index is 11.9. The first-order valence-corrected chi connectivity index (χ1v) is 3.77. The van der Waals surface area contributed by atoms with Crippen molar-refractivity contribution in [2.45, 2.75) is 12.8 Å². The summed E-state index contributed by atoms with van der Waals surface area (Å²) >= 11 is 0. The zero-order valence-corrected chi connectivity index (χ0v) is 7.26. The SMILES string of the molecule is N#CCc1c(OC(F)(F)F)[nH]ccc1=O. The van der Waals surface area contributed by atoms with Crippen LogP contribution in [0.5, 0.6) is 5.88 Å². The predicted molar refractivity (Wildman–Crippen MR) is 43.1 cm³/mol. The molecule has 0 saturated carbocycles. The lowest BCUT2D eigenvalue weighted by molar-refractivity contribution is -0.276. The molecule has 7 heteroatoms. The third kappa shape index (κ3) is 3.02. The van der Waals surface area contributed by atoms with Crippen LogP contribution in [0.15, 0.2) is 17.1 Å². The Hall–Kier alpha value is -1.97. The molecule has 0 aliphatic rings. The zero-order valence-electron chi connectivity index (χ0n) is 7.26. The number of halogens is 3. The average molecular weight is 218 g/mol. The van der Waals surface area contributed by atoms with Gasteiger partial charge in [-0.15, -0.1) is 13.2 Å². The molecule has 1 aromatic rings. The van der Waals surface area contributed by atoms with E-state index in [4.69, 9.17) is 5.26 Å². The van der Waals surface area contributed by atoms with Crippen LogP contribution in [0.3, 0.4) is 0 Å². The van der Waals surface area contributed by atoms with Crippen molar-refractivity contribution in [3.05, 3.63) is 28.0 Å². The molecule has 1 rings (SSSR count). The van der Waals surface area contributed by atoms with Crippen LogP contribution in [0.4, 0.5) is 13.2 Å². The molecule has 0 bridgehead atoms. The molecule has 1 aromatic heterocycles. The van der Waals surface area contributed by atoms with Crippen molar-refractivity contribution < 1.29 is 17.9 Å². The van der Waals surface area contributed by atoms with Gasteiger partial charge in [-0.05, 0) is 0 Å².